The molecule has 100 valence electrons. The van der Waals surface area contributed by atoms with E-state index in [-0.39, 0.29) is 24.7 Å². The Bertz CT molecular complexity index is 463. The fourth-order valence-corrected chi connectivity index (χ4v) is 2.84. The summed E-state index contributed by atoms with van der Waals surface area (Å²) < 4.78 is 0. The van der Waals surface area contributed by atoms with E-state index in [0.717, 1.165) is 0 Å². The average molecular weight is 291 g/mol. The Morgan fingerprint density at radius 1 is 0.947 bits per heavy atom. The number of nitrogens with two attached hydrogens (primary N) is 1. The number of hydrogen-bond acceptors (Lipinski definition) is 2. The molecule has 1 amide bonds. The topological polar surface area (TPSA) is 43.1 Å². The first kappa shape index (κ1) is 15.7. The van der Waals surface area contributed by atoms with E-state index in [4.69, 9.17) is 5.73 Å². The Hall–Kier alpha value is -1.39. The summed E-state index contributed by atoms with van der Waals surface area (Å²) in [5.74, 6) is 0.0471. The molecule has 0 spiro atoms. The van der Waals surface area contributed by atoms with Gasteiger partial charge in [0.05, 0.1) is 11.0 Å². The van der Waals surface area contributed by atoms with Gasteiger partial charge >= 0.3 is 0 Å². The minimum absolute atomic E-state index is 0. The van der Waals surface area contributed by atoms with E-state index in [1.807, 2.05) is 36.4 Å². The van der Waals surface area contributed by atoms with Crippen LogP contribution in [-0.4, -0.2) is 11.7 Å². The molecule has 0 aliphatic heterocycles. The zero-order valence-electron chi connectivity index (χ0n) is 10.5. The summed E-state index contributed by atoms with van der Waals surface area (Å²) in [5, 5.41) is 0.153. The summed E-state index contributed by atoms with van der Waals surface area (Å²) in [7, 11) is 0. The molecule has 0 saturated heterocycles. The third kappa shape index (κ3) is 4.65. The maximum Gasteiger partial charge on any atom is 0.227 e. The molecule has 0 radical (unpaired) electrons. The van der Waals surface area contributed by atoms with Crippen molar-refractivity contribution in [2.24, 2.45) is 5.73 Å². The zero-order chi connectivity index (χ0) is 12.8. The second-order valence-electron chi connectivity index (χ2n) is 3.98. The quantitative estimate of drug-likeness (QED) is 0.920. The van der Waals surface area contributed by atoms with E-state index >= 15 is 0 Å². The molecule has 2 aromatic carbocycles. The van der Waals surface area contributed by atoms with Gasteiger partial charge in [-0.3, -0.25) is 4.79 Å². The lowest BCUT2D eigenvalue weighted by molar-refractivity contribution is -0.115. The molecule has 0 aromatic heterocycles. The van der Waals surface area contributed by atoms with Gasteiger partial charge < -0.3 is 5.73 Å². The number of primary amides is 1. The Labute approximate surface area is 124 Å². The van der Waals surface area contributed by atoms with Gasteiger partial charge in [0.2, 0.25) is 5.91 Å². The van der Waals surface area contributed by atoms with Gasteiger partial charge in [-0.15, -0.1) is 11.8 Å². The van der Waals surface area contributed by atoms with Crippen molar-refractivity contribution in [1.29, 1.82) is 0 Å². The number of benzene rings is 2. The van der Waals surface area contributed by atoms with Crippen LogP contribution < -0.4 is 5.73 Å². The molecule has 2 nitrogen and oxygen atoms in total. The molecular weight excluding hydrogens is 274 g/mol. The number of thioether (sulfide) groups is 1. The van der Waals surface area contributed by atoms with Crippen LogP contribution in [0.3, 0.4) is 0 Å². The van der Waals surface area contributed by atoms with E-state index in [1.165, 1.54) is 11.1 Å². The highest BCUT2D eigenvalue weighted by Gasteiger charge is 2.14. The second kappa shape index (κ2) is 7.92. The van der Waals surface area contributed by atoms with Gasteiger partial charge in [0.1, 0.15) is 0 Å². The zero-order valence-corrected chi connectivity index (χ0v) is 12.3. The molecule has 0 fully saturated rings. The number of amides is 1. The van der Waals surface area contributed by atoms with Crippen LogP contribution in [0.4, 0.5) is 0 Å². The van der Waals surface area contributed by atoms with Gasteiger partial charge in [0.25, 0.3) is 0 Å². The molecule has 0 aliphatic carbocycles. The summed E-state index contributed by atoms with van der Waals surface area (Å²) in [6.45, 7) is 0. The monoisotopic (exact) mass is 291 g/mol. The van der Waals surface area contributed by atoms with Crippen LogP contribution in [0.25, 0.3) is 0 Å². The first-order valence-electron chi connectivity index (χ1n) is 5.77. The standard InChI is InChI=1S/C15H15NOS.H2S/c16-14(17)11-18-15(12-7-3-1-4-8-12)13-9-5-2-6-10-13;/h1-10,15H,11H2,(H2,16,17);1H2. The number of rotatable bonds is 5. The molecule has 0 bridgehead atoms. The normalized spacial score (nSPS) is 9.95. The van der Waals surface area contributed by atoms with Gasteiger partial charge in [-0.2, -0.15) is 13.5 Å². The largest absolute Gasteiger partial charge is 0.369 e. The van der Waals surface area contributed by atoms with E-state index in [9.17, 15) is 4.79 Å². The Kier molecular flexibility index (Phi) is 6.53. The minimum atomic E-state index is -0.281. The van der Waals surface area contributed by atoms with Crippen LogP contribution in [0, 0.1) is 0 Å². The van der Waals surface area contributed by atoms with Crippen LogP contribution in [0.5, 0.6) is 0 Å². The van der Waals surface area contributed by atoms with Gasteiger partial charge in [0, 0.05) is 0 Å². The van der Waals surface area contributed by atoms with Crippen molar-refractivity contribution >= 4 is 31.2 Å². The fraction of sp³-hybridized carbons (Fsp3) is 0.133. The molecule has 4 heteroatoms. The lowest BCUT2D eigenvalue weighted by Gasteiger charge is -2.16. The highest BCUT2D eigenvalue weighted by atomic mass is 32.2. The highest BCUT2D eigenvalue weighted by molar-refractivity contribution is 8.00. The Morgan fingerprint density at radius 3 is 1.74 bits per heavy atom. The minimum Gasteiger partial charge on any atom is -0.369 e. The smallest absolute Gasteiger partial charge is 0.227 e. The summed E-state index contributed by atoms with van der Waals surface area (Å²) in [4.78, 5) is 11.0. The van der Waals surface area contributed by atoms with Crippen LogP contribution in [-0.2, 0) is 4.79 Å². The molecule has 0 unspecified atom stereocenters. The molecule has 0 aliphatic rings. The van der Waals surface area contributed by atoms with Crippen molar-refractivity contribution in [3.8, 4) is 0 Å². The SMILES string of the molecule is NC(=O)CSC(c1ccccc1)c1ccccc1.S. The van der Waals surface area contributed by atoms with Gasteiger partial charge in [0.15, 0.2) is 0 Å². The third-order valence-corrected chi connectivity index (χ3v) is 3.93. The fourth-order valence-electron chi connectivity index (χ4n) is 1.81. The maximum absolute atomic E-state index is 11.0. The predicted octanol–water partition coefficient (Wildman–Crippen LogP) is 3.11. The summed E-state index contributed by atoms with van der Waals surface area (Å²) in [6.07, 6.45) is 0. The van der Waals surface area contributed by atoms with Crippen LogP contribution >= 0.6 is 25.3 Å². The second-order valence-corrected chi connectivity index (χ2v) is 5.07. The first-order valence-corrected chi connectivity index (χ1v) is 6.82. The van der Waals surface area contributed by atoms with E-state index < -0.39 is 0 Å². The van der Waals surface area contributed by atoms with Crippen LogP contribution in [0.1, 0.15) is 16.4 Å². The Balaban J connectivity index is 0.00000180. The summed E-state index contributed by atoms with van der Waals surface area (Å²) >= 11 is 1.56. The molecule has 2 rings (SSSR count). The average Bonchev–Trinajstić information content (AvgIpc) is 2.41. The van der Waals surface area contributed by atoms with Gasteiger partial charge in [-0.25, -0.2) is 0 Å². The molecule has 2 aromatic rings. The molecule has 19 heavy (non-hydrogen) atoms. The maximum atomic E-state index is 11.0. The van der Waals surface area contributed by atoms with Crippen LogP contribution in [0.15, 0.2) is 60.7 Å². The van der Waals surface area contributed by atoms with Crippen molar-refractivity contribution in [2.75, 3.05) is 5.75 Å². The summed E-state index contributed by atoms with van der Waals surface area (Å²) in [5.41, 5.74) is 7.62. The van der Waals surface area contributed by atoms with Crippen LogP contribution in [0.2, 0.25) is 0 Å². The molecular formula is C15H17NOS2. The van der Waals surface area contributed by atoms with E-state index in [2.05, 4.69) is 24.3 Å². The third-order valence-electron chi connectivity index (χ3n) is 2.60. The molecule has 0 atom stereocenters. The molecule has 0 saturated carbocycles. The lowest BCUT2D eigenvalue weighted by atomic mass is 10.0. The summed E-state index contributed by atoms with van der Waals surface area (Å²) in [6, 6.07) is 20.3. The van der Waals surface area contributed by atoms with Crippen molar-refractivity contribution in [3.05, 3.63) is 71.8 Å². The molecule has 0 heterocycles. The van der Waals surface area contributed by atoms with Crippen molar-refractivity contribution < 1.29 is 4.79 Å². The number of hydrogen-bond donors (Lipinski definition) is 1. The van der Waals surface area contributed by atoms with Crippen molar-refractivity contribution in [3.63, 3.8) is 0 Å². The molecule has 2 N–H and O–H groups in total. The highest BCUT2D eigenvalue weighted by Crippen LogP contribution is 2.34. The Morgan fingerprint density at radius 2 is 1.37 bits per heavy atom. The first-order chi connectivity index (χ1) is 8.77. The van der Waals surface area contributed by atoms with Gasteiger partial charge in [-0.05, 0) is 11.1 Å². The van der Waals surface area contributed by atoms with E-state index in [1.54, 1.807) is 11.8 Å². The lowest BCUT2D eigenvalue weighted by Crippen LogP contribution is -2.14. The predicted molar refractivity (Wildman–Crippen MR) is 86.8 cm³/mol. The van der Waals surface area contributed by atoms with Crippen molar-refractivity contribution in [2.45, 2.75) is 5.25 Å². The van der Waals surface area contributed by atoms with Crippen molar-refractivity contribution in [1.82, 2.24) is 0 Å². The number of carbonyl (C=O) groups excluding carboxylic acids is 1. The van der Waals surface area contributed by atoms with Gasteiger partial charge in [-0.1, -0.05) is 60.7 Å². The van der Waals surface area contributed by atoms with E-state index in [0.29, 0.717) is 5.75 Å². The number of carbonyl (C=O) groups is 1.